The highest BCUT2D eigenvalue weighted by molar-refractivity contribution is 7.89. The molecule has 0 bridgehead atoms. The van der Waals surface area contributed by atoms with Crippen molar-refractivity contribution >= 4 is 27.4 Å². The van der Waals surface area contributed by atoms with Crippen molar-refractivity contribution in [2.75, 3.05) is 26.2 Å². The number of urea groups is 1. The molecule has 162 valence electrons. The predicted molar refractivity (Wildman–Crippen MR) is 117 cm³/mol. The van der Waals surface area contributed by atoms with Gasteiger partial charge in [0.2, 0.25) is 10.0 Å². The van der Waals surface area contributed by atoms with Gasteiger partial charge in [0, 0.05) is 37.1 Å². The summed E-state index contributed by atoms with van der Waals surface area (Å²) in [4.78, 5) is 18.3. The molecule has 1 aliphatic rings. The number of hydrogen-bond donors (Lipinski definition) is 1. The van der Waals surface area contributed by atoms with Gasteiger partial charge in [-0.25, -0.2) is 22.6 Å². The number of sulfonamides is 1. The Morgan fingerprint density at radius 2 is 1.71 bits per heavy atom. The molecule has 1 aromatic heterocycles. The zero-order valence-corrected chi connectivity index (χ0v) is 18.2. The Bertz CT molecular complexity index is 1160. The van der Waals surface area contributed by atoms with E-state index in [-0.39, 0.29) is 37.1 Å². The number of carbonyl (C=O) groups is 1. The fraction of sp³-hybridized carbons (Fsp3) is 0.238. The molecule has 0 saturated carbocycles. The molecule has 0 unspecified atom stereocenters. The van der Waals surface area contributed by atoms with Crippen molar-refractivity contribution in [3.8, 4) is 11.3 Å². The summed E-state index contributed by atoms with van der Waals surface area (Å²) in [6, 6.07) is 14.8. The number of nitrogens with zero attached hydrogens (tertiary/aromatic N) is 3. The third kappa shape index (κ3) is 4.76. The maximum atomic E-state index is 13.9. The lowest BCUT2D eigenvalue weighted by atomic mass is 10.2. The van der Waals surface area contributed by atoms with Gasteiger partial charge in [0.25, 0.3) is 0 Å². The van der Waals surface area contributed by atoms with E-state index >= 15 is 0 Å². The summed E-state index contributed by atoms with van der Waals surface area (Å²) in [7, 11) is -3.93. The molecule has 1 aliphatic heterocycles. The van der Waals surface area contributed by atoms with Crippen LogP contribution in [0, 0.1) is 5.82 Å². The molecule has 1 N–H and O–H groups in total. The monoisotopic (exact) mass is 460 g/mol. The first-order valence-electron chi connectivity index (χ1n) is 9.72. The second kappa shape index (κ2) is 9.13. The number of benzene rings is 2. The normalized spacial score (nSPS) is 15.1. The average Bonchev–Trinajstić information content (AvgIpc) is 3.27. The number of piperazine rings is 1. The van der Waals surface area contributed by atoms with Crippen molar-refractivity contribution in [1.82, 2.24) is 19.5 Å². The van der Waals surface area contributed by atoms with Gasteiger partial charge in [-0.2, -0.15) is 4.31 Å². The second-order valence-corrected chi connectivity index (χ2v) is 9.82. The fourth-order valence-electron chi connectivity index (χ4n) is 3.32. The van der Waals surface area contributed by atoms with Crippen molar-refractivity contribution in [2.24, 2.45) is 0 Å². The molecule has 2 amide bonds. The van der Waals surface area contributed by atoms with Crippen LogP contribution in [-0.2, 0) is 16.6 Å². The van der Waals surface area contributed by atoms with E-state index in [1.165, 1.54) is 33.8 Å². The Hall–Kier alpha value is -2.82. The Morgan fingerprint density at radius 1 is 1.03 bits per heavy atom. The molecule has 1 saturated heterocycles. The number of aromatic nitrogens is 1. The van der Waals surface area contributed by atoms with Crippen molar-refractivity contribution < 1.29 is 17.6 Å². The van der Waals surface area contributed by atoms with Crippen molar-refractivity contribution in [3.63, 3.8) is 0 Å². The standard InChI is InChI=1S/C21H21FN4O3S2/c22-17-8-4-5-9-19(17)31(28,29)26-12-10-25(11-13-26)21(27)23-14-20-24-18(15-30-20)16-6-2-1-3-7-16/h1-9,15H,10-14H2,(H,23,27). The van der Waals surface area contributed by atoms with Crippen LogP contribution in [0.25, 0.3) is 11.3 Å². The minimum absolute atomic E-state index is 0.111. The highest BCUT2D eigenvalue weighted by Crippen LogP contribution is 2.22. The van der Waals surface area contributed by atoms with E-state index in [1.54, 1.807) is 4.90 Å². The number of halogens is 1. The Labute approximate surface area is 184 Å². The van der Waals surface area contributed by atoms with Crippen molar-refractivity contribution in [1.29, 1.82) is 0 Å². The fourth-order valence-corrected chi connectivity index (χ4v) is 5.55. The van der Waals surface area contributed by atoms with E-state index in [4.69, 9.17) is 0 Å². The van der Waals surface area contributed by atoms with E-state index < -0.39 is 15.8 Å². The summed E-state index contributed by atoms with van der Waals surface area (Å²) in [5, 5.41) is 5.57. The molecule has 10 heteroatoms. The number of carbonyl (C=O) groups excluding carboxylic acids is 1. The topological polar surface area (TPSA) is 82.6 Å². The smallest absolute Gasteiger partial charge is 0.317 e. The van der Waals surface area contributed by atoms with Gasteiger partial charge in [-0.15, -0.1) is 11.3 Å². The van der Waals surface area contributed by atoms with E-state index in [2.05, 4.69) is 10.3 Å². The first-order chi connectivity index (χ1) is 14.9. The lowest BCUT2D eigenvalue weighted by Gasteiger charge is -2.33. The summed E-state index contributed by atoms with van der Waals surface area (Å²) >= 11 is 1.47. The molecule has 31 heavy (non-hydrogen) atoms. The molecule has 0 spiro atoms. The SMILES string of the molecule is O=C(NCc1nc(-c2ccccc2)cs1)N1CCN(S(=O)(=O)c2ccccc2F)CC1. The largest absolute Gasteiger partial charge is 0.331 e. The average molecular weight is 461 g/mol. The highest BCUT2D eigenvalue weighted by Gasteiger charge is 2.31. The molecule has 0 aliphatic carbocycles. The van der Waals surface area contributed by atoms with Gasteiger partial charge >= 0.3 is 6.03 Å². The van der Waals surface area contributed by atoms with Crippen LogP contribution < -0.4 is 5.32 Å². The Balaban J connectivity index is 1.31. The molecule has 4 rings (SSSR count). The molecule has 1 fully saturated rings. The maximum Gasteiger partial charge on any atom is 0.317 e. The molecular weight excluding hydrogens is 439 g/mol. The predicted octanol–water partition coefficient (Wildman–Crippen LogP) is 3.17. The lowest BCUT2D eigenvalue weighted by molar-refractivity contribution is 0.172. The zero-order chi connectivity index (χ0) is 21.8. The quantitative estimate of drug-likeness (QED) is 0.634. The van der Waals surface area contributed by atoms with Gasteiger partial charge < -0.3 is 10.2 Å². The van der Waals surface area contributed by atoms with Gasteiger partial charge in [-0.05, 0) is 12.1 Å². The van der Waals surface area contributed by atoms with Crippen LogP contribution in [-0.4, -0.2) is 54.8 Å². The van der Waals surface area contributed by atoms with Crippen LogP contribution in [0.4, 0.5) is 9.18 Å². The summed E-state index contributed by atoms with van der Waals surface area (Å²) in [6.45, 7) is 0.975. The van der Waals surface area contributed by atoms with Gasteiger partial charge in [0.1, 0.15) is 15.7 Å². The summed E-state index contributed by atoms with van der Waals surface area (Å²) in [6.07, 6.45) is 0. The Morgan fingerprint density at radius 3 is 2.42 bits per heavy atom. The third-order valence-electron chi connectivity index (χ3n) is 4.99. The number of hydrogen-bond acceptors (Lipinski definition) is 5. The first kappa shape index (κ1) is 21.4. The number of rotatable bonds is 5. The third-order valence-corrected chi connectivity index (χ3v) is 7.77. The van der Waals surface area contributed by atoms with Crippen molar-refractivity contribution in [2.45, 2.75) is 11.4 Å². The molecule has 7 nitrogen and oxygen atoms in total. The zero-order valence-electron chi connectivity index (χ0n) is 16.6. The number of nitrogens with one attached hydrogen (secondary N) is 1. The van der Waals surface area contributed by atoms with Gasteiger partial charge in [0.15, 0.2) is 0 Å². The summed E-state index contributed by atoms with van der Waals surface area (Å²) in [5.41, 5.74) is 1.88. The minimum atomic E-state index is -3.93. The second-order valence-electron chi connectivity index (χ2n) is 6.97. The van der Waals surface area contributed by atoms with Gasteiger partial charge in [-0.3, -0.25) is 0 Å². The Kier molecular flexibility index (Phi) is 6.30. The molecular formula is C21H21FN4O3S2. The van der Waals surface area contributed by atoms with E-state index in [0.29, 0.717) is 6.54 Å². The van der Waals surface area contributed by atoms with Crippen LogP contribution in [0.15, 0.2) is 64.9 Å². The van der Waals surface area contributed by atoms with Crippen LogP contribution in [0.3, 0.4) is 0 Å². The summed E-state index contributed by atoms with van der Waals surface area (Å²) < 4.78 is 40.5. The molecule has 0 radical (unpaired) electrons. The minimum Gasteiger partial charge on any atom is -0.331 e. The van der Waals surface area contributed by atoms with Crippen LogP contribution >= 0.6 is 11.3 Å². The van der Waals surface area contributed by atoms with Crippen LogP contribution in [0.1, 0.15) is 5.01 Å². The lowest BCUT2D eigenvalue weighted by Crippen LogP contribution is -2.53. The van der Waals surface area contributed by atoms with Crippen LogP contribution in [0.2, 0.25) is 0 Å². The number of thiazole rings is 1. The molecule has 2 heterocycles. The molecule has 0 atom stereocenters. The van der Waals surface area contributed by atoms with Gasteiger partial charge in [0.05, 0.1) is 12.2 Å². The van der Waals surface area contributed by atoms with E-state index in [9.17, 15) is 17.6 Å². The highest BCUT2D eigenvalue weighted by atomic mass is 32.2. The maximum absolute atomic E-state index is 13.9. The molecule has 2 aromatic carbocycles. The van der Waals surface area contributed by atoms with E-state index in [0.717, 1.165) is 22.3 Å². The van der Waals surface area contributed by atoms with Crippen LogP contribution in [0.5, 0.6) is 0 Å². The van der Waals surface area contributed by atoms with Crippen molar-refractivity contribution in [3.05, 3.63) is 70.8 Å². The number of amides is 2. The molecule has 3 aromatic rings. The summed E-state index contributed by atoms with van der Waals surface area (Å²) in [5.74, 6) is -0.777. The van der Waals surface area contributed by atoms with E-state index in [1.807, 2.05) is 35.7 Å². The first-order valence-corrected chi connectivity index (χ1v) is 12.0. The van der Waals surface area contributed by atoms with Gasteiger partial charge in [-0.1, -0.05) is 42.5 Å².